The summed E-state index contributed by atoms with van der Waals surface area (Å²) in [6.45, 7) is 3.49. The Morgan fingerprint density at radius 1 is 1.20 bits per heavy atom. The predicted molar refractivity (Wildman–Crippen MR) is 76.2 cm³/mol. The van der Waals surface area contributed by atoms with Crippen LogP contribution in [0.2, 0.25) is 0 Å². The van der Waals surface area contributed by atoms with Gasteiger partial charge in [0.05, 0.1) is 6.10 Å². The van der Waals surface area contributed by atoms with Crippen LogP contribution in [0.5, 0.6) is 11.5 Å². The maximum Gasteiger partial charge on any atom is 0.161 e. The predicted octanol–water partition coefficient (Wildman–Crippen LogP) is 1.23. The third kappa shape index (κ3) is 3.06. The second kappa shape index (κ2) is 6.43. The fraction of sp³-hybridized carbons (Fsp3) is 0.600. The molecular formula is C15H22N2O3. The molecule has 3 rings (SSSR count). The zero-order valence-corrected chi connectivity index (χ0v) is 11.6. The largest absolute Gasteiger partial charge is 0.486 e. The molecule has 0 amide bonds. The summed E-state index contributed by atoms with van der Waals surface area (Å²) in [5.74, 6) is 1.63. The van der Waals surface area contributed by atoms with Crippen molar-refractivity contribution in [3.63, 3.8) is 0 Å². The molecule has 3 N–H and O–H groups in total. The summed E-state index contributed by atoms with van der Waals surface area (Å²) in [4.78, 5) is 0. The summed E-state index contributed by atoms with van der Waals surface area (Å²) in [7, 11) is 0. The Balaban J connectivity index is 1.65. The van der Waals surface area contributed by atoms with Gasteiger partial charge in [-0.2, -0.15) is 0 Å². The maximum atomic E-state index is 5.89. The molecule has 0 radical (unpaired) electrons. The number of rotatable bonds is 5. The van der Waals surface area contributed by atoms with Crippen molar-refractivity contribution in [1.82, 2.24) is 5.32 Å². The van der Waals surface area contributed by atoms with E-state index in [2.05, 4.69) is 5.32 Å². The molecule has 0 spiro atoms. The highest BCUT2D eigenvalue weighted by Crippen LogP contribution is 2.32. The van der Waals surface area contributed by atoms with Crippen molar-refractivity contribution in [3.8, 4) is 11.5 Å². The van der Waals surface area contributed by atoms with Crippen molar-refractivity contribution in [3.05, 3.63) is 23.8 Å². The van der Waals surface area contributed by atoms with E-state index < -0.39 is 0 Å². The molecule has 0 bridgehead atoms. The number of benzene rings is 1. The summed E-state index contributed by atoms with van der Waals surface area (Å²) in [6, 6.07) is 6.15. The van der Waals surface area contributed by atoms with Gasteiger partial charge >= 0.3 is 0 Å². The van der Waals surface area contributed by atoms with E-state index in [9.17, 15) is 0 Å². The smallest absolute Gasteiger partial charge is 0.161 e. The van der Waals surface area contributed by atoms with Gasteiger partial charge in [0.25, 0.3) is 0 Å². The van der Waals surface area contributed by atoms with Crippen LogP contribution < -0.4 is 20.5 Å². The van der Waals surface area contributed by atoms with Gasteiger partial charge in [-0.05, 0) is 30.5 Å². The monoisotopic (exact) mass is 278 g/mol. The van der Waals surface area contributed by atoms with Gasteiger partial charge in [-0.15, -0.1) is 0 Å². The van der Waals surface area contributed by atoms with Crippen LogP contribution in [0.4, 0.5) is 0 Å². The van der Waals surface area contributed by atoms with E-state index in [0.717, 1.165) is 43.1 Å². The van der Waals surface area contributed by atoms with Crippen molar-refractivity contribution < 1.29 is 14.2 Å². The third-order valence-electron chi connectivity index (χ3n) is 3.82. The van der Waals surface area contributed by atoms with Gasteiger partial charge in [0.2, 0.25) is 0 Å². The Kier molecular flexibility index (Phi) is 4.40. The van der Waals surface area contributed by atoms with Crippen LogP contribution >= 0.6 is 0 Å². The van der Waals surface area contributed by atoms with E-state index in [4.69, 9.17) is 19.9 Å². The highest BCUT2D eigenvalue weighted by molar-refractivity contribution is 5.44. The minimum atomic E-state index is 0.120. The molecule has 0 aliphatic carbocycles. The normalized spacial score (nSPS) is 22.8. The van der Waals surface area contributed by atoms with Crippen LogP contribution in [0.1, 0.15) is 24.4 Å². The molecule has 1 fully saturated rings. The molecule has 2 unspecified atom stereocenters. The zero-order valence-electron chi connectivity index (χ0n) is 11.6. The molecule has 5 heteroatoms. The van der Waals surface area contributed by atoms with Gasteiger partial charge in [-0.25, -0.2) is 0 Å². The number of fused-ring (bicyclic) bond motifs is 1. The van der Waals surface area contributed by atoms with Crippen molar-refractivity contribution in [1.29, 1.82) is 0 Å². The third-order valence-corrected chi connectivity index (χ3v) is 3.82. The Morgan fingerprint density at radius 3 is 2.80 bits per heavy atom. The maximum absolute atomic E-state index is 5.89. The van der Waals surface area contributed by atoms with E-state index in [1.54, 1.807) is 0 Å². The molecule has 0 saturated carbocycles. The van der Waals surface area contributed by atoms with Crippen molar-refractivity contribution in [2.24, 2.45) is 5.73 Å². The summed E-state index contributed by atoms with van der Waals surface area (Å²) in [6.07, 6.45) is 2.61. The molecule has 2 aliphatic rings. The molecule has 0 aromatic heterocycles. The van der Waals surface area contributed by atoms with E-state index in [-0.39, 0.29) is 6.04 Å². The lowest BCUT2D eigenvalue weighted by molar-refractivity contribution is 0.107. The van der Waals surface area contributed by atoms with Crippen molar-refractivity contribution in [2.45, 2.75) is 25.0 Å². The lowest BCUT2D eigenvalue weighted by Gasteiger charge is -2.23. The second-order valence-electron chi connectivity index (χ2n) is 5.23. The van der Waals surface area contributed by atoms with E-state index in [1.807, 2.05) is 18.2 Å². The Hall–Kier alpha value is -1.30. The number of hydrogen-bond acceptors (Lipinski definition) is 5. The number of ether oxygens (including phenoxy) is 3. The van der Waals surface area contributed by atoms with Gasteiger partial charge in [0, 0.05) is 25.7 Å². The fourth-order valence-electron chi connectivity index (χ4n) is 2.69. The lowest BCUT2D eigenvalue weighted by Crippen LogP contribution is -2.34. The number of nitrogens with one attached hydrogen (secondary N) is 1. The summed E-state index contributed by atoms with van der Waals surface area (Å²) in [5.41, 5.74) is 7.02. The average Bonchev–Trinajstić information content (AvgIpc) is 3.01. The average molecular weight is 278 g/mol. The van der Waals surface area contributed by atoms with Crippen molar-refractivity contribution in [2.75, 3.05) is 32.9 Å². The van der Waals surface area contributed by atoms with Crippen LogP contribution in [0.3, 0.4) is 0 Å². The number of hydrogen-bond donors (Lipinski definition) is 2. The van der Waals surface area contributed by atoms with E-state index in [1.165, 1.54) is 0 Å². The molecule has 1 saturated heterocycles. The molecule has 2 atom stereocenters. The van der Waals surface area contributed by atoms with Crippen LogP contribution in [0, 0.1) is 0 Å². The summed E-state index contributed by atoms with van der Waals surface area (Å²) >= 11 is 0. The standard InChI is InChI=1S/C15H22N2O3/c16-9-13(17-10-12-2-1-5-18-12)11-3-4-14-15(8-11)20-7-6-19-14/h3-4,8,12-13,17H,1-2,5-7,9-10,16H2. The number of nitrogens with two attached hydrogens (primary N) is 1. The molecule has 2 heterocycles. The molecule has 1 aromatic rings. The van der Waals surface area contributed by atoms with Crippen LogP contribution in [0.25, 0.3) is 0 Å². The SMILES string of the molecule is NCC(NCC1CCCO1)c1ccc2c(c1)OCCO2. The first-order chi connectivity index (χ1) is 9.86. The van der Waals surface area contributed by atoms with Crippen LogP contribution in [-0.4, -0.2) is 39.0 Å². The molecule has 1 aromatic carbocycles. The Labute approximate surface area is 119 Å². The van der Waals surface area contributed by atoms with Gasteiger partial charge in [0.1, 0.15) is 13.2 Å². The van der Waals surface area contributed by atoms with Gasteiger partial charge in [-0.1, -0.05) is 6.07 Å². The molecule has 110 valence electrons. The lowest BCUT2D eigenvalue weighted by atomic mass is 10.1. The molecule has 2 aliphatic heterocycles. The van der Waals surface area contributed by atoms with Gasteiger partial charge in [-0.3, -0.25) is 0 Å². The minimum absolute atomic E-state index is 0.120. The fourth-order valence-corrected chi connectivity index (χ4v) is 2.69. The van der Waals surface area contributed by atoms with Crippen molar-refractivity contribution >= 4 is 0 Å². The Morgan fingerprint density at radius 2 is 2.05 bits per heavy atom. The first-order valence-electron chi connectivity index (χ1n) is 7.31. The minimum Gasteiger partial charge on any atom is -0.486 e. The molecular weight excluding hydrogens is 256 g/mol. The highest BCUT2D eigenvalue weighted by atomic mass is 16.6. The first kappa shape index (κ1) is 13.7. The van der Waals surface area contributed by atoms with Crippen LogP contribution in [0.15, 0.2) is 18.2 Å². The first-order valence-corrected chi connectivity index (χ1v) is 7.31. The van der Waals surface area contributed by atoms with Crippen LogP contribution in [-0.2, 0) is 4.74 Å². The van der Waals surface area contributed by atoms with Gasteiger partial charge < -0.3 is 25.3 Å². The quantitative estimate of drug-likeness (QED) is 0.848. The van der Waals surface area contributed by atoms with Gasteiger partial charge in [0.15, 0.2) is 11.5 Å². The second-order valence-corrected chi connectivity index (χ2v) is 5.23. The van der Waals surface area contributed by atoms with E-state index in [0.29, 0.717) is 25.9 Å². The zero-order chi connectivity index (χ0) is 13.8. The highest BCUT2D eigenvalue weighted by Gasteiger charge is 2.19. The Bertz CT molecular complexity index is 447. The topological polar surface area (TPSA) is 65.7 Å². The molecule has 5 nitrogen and oxygen atoms in total. The molecule has 20 heavy (non-hydrogen) atoms. The summed E-state index contributed by atoms with van der Waals surface area (Å²) < 4.78 is 16.8. The summed E-state index contributed by atoms with van der Waals surface area (Å²) in [5, 5.41) is 3.49. The van der Waals surface area contributed by atoms with E-state index >= 15 is 0 Å².